The van der Waals surface area contributed by atoms with E-state index in [4.69, 9.17) is 0 Å². The van der Waals surface area contributed by atoms with Crippen molar-refractivity contribution in [3.05, 3.63) is 29.6 Å². The predicted octanol–water partition coefficient (Wildman–Crippen LogP) is 3.81. The summed E-state index contributed by atoms with van der Waals surface area (Å²) in [7, 11) is 0. The summed E-state index contributed by atoms with van der Waals surface area (Å²) >= 11 is 7.10. The number of alkyl halides is 3. The van der Waals surface area contributed by atoms with Crippen molar-refractivity contribution in [2.24, 2.45) is 0 Å². The highest BCUT2D eigenvalue weighted by atomic mass is 127. The molecule has 0 bridgehead atoms. The molecule has 4 heteroatoms. The molecule has 0 fully saturated rings. The van der Waals surface area contributed by atoms with E-state index in [0.717, 1.165) is 5.69 Å². The number of hydrogen-bond donors (Lipinski definition) is 0. The Labute approximate surface area is 107 Å². The van der Waals surface area contributed by atoms with E-state index in [-0.39, 0.29) is -0.565 Å². The minimum atomic E-state index is 0.0843. The molecule has 0 spiro atoms. The Morgan fingerprint density at radius 2 is 1.91 bits per heavy atom. The average molecular weight is 485 g/mol. The van der Waals surface area contributed by atoms with E-state index in [1.54, 1.807) is 0 Å². The lowest BCUT2D eigenvalue weighted by molar-refractivity contribution is 1.16. The molecular weight excluding hydrogens is 479 g/mol. The first-order valence-corrected chi connectivity index (χ1v) is 6.23. The minimum absolute atomic E-state index is 0.0843. The van der Waals surface area contributed by atoms with Gasteiger partial charge in [-0.25, -0.2) is 0 Å². The standard InChI is InChI=1S/C7H6I3N/c1-5-2-3-6(11-4-5)7(8,9)10/h2-4H,1H3. The van der Waals surface area contributed by atoms with E-state index in [2.05, 4.69) is 84.9 Å². The van der Waals surface area contributed by atoms with Crippen molar-refractivity contribution < 1.29 is 0 Å². The number of pyridine rings is 1. The van der Waals surface area contributed by atoms with Crippen molar-refractivity contribution >= 4 is 67.8 Å². The summed E-state index contributed by atoms with van der Waals surface area (Å²) in [6, 6.07) is 4.16. The lowest BCUT2D eigenvalue weighted by Crippen LogP contribution is -1.99. The maximum absolute atomic E-state index is 4.33. The van der Waals surface area contributed by atoms with Gasteiger partial charge in [0.05, 0.1) is 5.69 Å². The van der Waals surface area contributed by atoms with Crippen LogP contribution in [0.3, 0.4) is 0 Å². The topological polar surface area (TPSA) is 12.9 Å². The molecule has 1 heterocycles. The highest BCUT2D eigenvalue weighted by molar-refractivity contribution is 14.3. The minimum Gasteiger partial charge on any atom is -0.258 e. The molecule has 0 radical (unpaired) electrons. The lowest BCUT2D eigenvalue weighted by Gasteiger charge is -2.10. The second-order valence-corrected chi connectivity index (χ2v) is 13.3. The first kappa shape index (κ1) is 10.4. The van der Waals surface area contributed by atoms with Gasteiger partial charge in [0, 0.05) is 6.20 Å². The monoisotopic (exact) mass is 485 g/mol. The van der Waals surface area contributed by atoms with Gasteiger partial charge in [-0.2, -0.15) is 0 Å². The number of nitrogens with zero attached hydrogens (tertiary/aromatic N) is 1. The molecule has 0 saturated heterocycles. The van der Waals surface area contributed by atoms with Crippen LogP contribution in [0.15, 0.2) is 18.3 Å². The number of halogens is 3. The molecule has 0 aliphatic carbocycles. The average Bonchev–Trinajstić information content (AvgIpc) is 1.86. The van der Waals surface area contributed by atoms with E-state index in [1.807, 2.05) is 13.1 Å². The largest absolute Gasteiger partial charge is 0.258 e. The van der Waals surface area contributed by atoms with Gasteiger partial charge in [0.15, 0.2) is -0.565 Å². The molecule has 1 rings (SSSR count). The predicted molar refractivity (Wildman–Crippen MR) is 72.7 cm³/mol. The summed E-state index contributed by atoms with van der Waals surface area (Å²) < 4.78 is 0.0843. The number of hydrogen-bond acceptors (Lipinski definition) is 1. The van der Waals surface area contributed by atoms with Gasteiger partial charge in [-0.15, -0.1) is 0 Å². The first-order chi connectivity index (χ1) is 5.00. The molecule has 11 heavy (non-hydrogen) atoms. The molecule has 0 unspecified atom stereocenters. The van der Waals surface area contributed by atoms with Gasteiger partial charge in [0.25, 0.3) is 0 Å². The molecule has 0 aromatic carbocycles. The fourth-order valence-electron chi connectivity index (χ4n) is 0.635. The van der Waals surface area contributed by atoms with Crippen molar-refractivity contribution in [2.45, 2.75) is 6.36 Å². The molecule has 1 nitrogen and oxygen atoms in total. The summed E-state index contributed by atoms with van der Waals surface area (Å²) in [6.45, 7) is 2.05. The Hall–Kier alpha value is 1.34. The summed E-state index contributed by atoms with van der Waals surface area (Å²) in [5.41, 5.74) is 2.33. The second-order valence-electron chi connectivity index (χ2n) is 2.22. The third-order valence-electron chi connectivity index (χ3n) is 1.20. The lowest BCUT2D eigenvalue weighted by atomic mass is 10.3. The summed E-state index contributed by atoms with van der Waals surface area (Å²) in [5, 5.41) is 0. The molecule has 0 atom stereocenters. The van der Waals surface area contributed by atoms with Crippen LogP contribution in [0.25, 0.3) is 0 Å². The van der Waals surface area contributed by atoms with Crippen LogP contribution >= 0.6 is 67.8 Å². The van der Waals surface area contributed by atoms with Gasteiger partial charge in [-0.1, -0.05) is 6.07 Å². The van der Waals surface area contributed by atoms with Crippen LogP contribution < -0.4 is 0 Å². The Morgan fingerprint density at radius 1 is 1.27 bits per heavy atom. The molecule has 1 aromatic heterocycles. The Balaban J connectivity index is 2.99. The SMILES string of the molecule is Cc1ccc(C(I)(I)I)nc1. The zero-order valence-electron chi connectivity index (χ0n) is 5.81. The normalized spacial score (nSPS) is 11.6. The fourth-order valence-corrected chi connectivity index (χ4v) is 1.59. The molecule has 0 aliphatic rings. The highest BCUT2D eigenvalue weighted by Crippen LogP contribution is 2.44. The van der Waals surface area contributed by atoms with Crippen molar-refractivity contribution in [1.29, 1.82) is 0 Å². The first-order valence-electron chi connectivity index (χ1n) is 3.00. The molecule has 0 aliphatic heterocycles. The van der Waals surface area contributed by atoms with Gasteiger partial charge in [0.1, 0.15) is 0 Å². The second kappa shape index (κ2) is 4.03. The van der Waals surface area contributed by atoms with E-state index < -0.39 is 0 Å². The smallest absolute Gasteiger partial charge is 0.165 e. The Morgan fingerprint density at radius 3 is 2.27 bits per heavy atom. The fraction of sp³-hybridized carbons (Fsp3) is 0.286. The molecule has 0 saturated carbocycles. The molecule has 0 amide bonds. The van der Waals surface area contributed by atoms with E-state index >= 15 is 0 Å². The van der Waals surface area contributed by atoms with Crippen LogP contribution in [0.4, 0.5) is 0 Å². The van der Waals surface area contributed by atoms with Crippen molar-refractivity contribution in [2.75, 3.05) is 0 Å². The van der Waals surface area contributed by atoms with E-state index in [1.165, 1.54) is 5.56 Å². The van der Waals surface area contributed by atoms with Crippen LogP contribution in [0.1, 0.15) is 11.3 Å². The van der Waals surface area contributed by atoms with E-state index in [0.29, 0.717) is 0 Å². The maximum Gasteiger partial charge on any atom is 0.165 e. The molecular formula is C7H6I3N. The summed E-state index contributed by atoms with van der Waals surface area (Å²) in [4.78, 5) is 4.33. The molecule has 60 valence electrons. The van der Waals surface area contributed by atoms with Crippen molar-refractivity contribution in [3.8, 4) is 0 Å². The zero-order valence-corrected chi connectivity index (χ0v) is 12.3. The summed E-state index contributed by atoms with van der Waals surface area (Å²) in [5.74, 6) is 0. The van der Waals surface area contributed by atoms with Crippen molar-refractivity contribution in [3.63, 3.8) is 0 Å². The zero-order chi connectivity index (χ0) is 8.48. The van der Waals surface area contributed by atoms with E-state index in [9.17, 15) is 0 Å². The molecule has 0 N–H and O–H groups in total. The van der Waals surface area contributed by atoms with Crippen LogP contribution in [0.2, 0.25) is 0 Å². The number of aromatic nitrogens is 1. The third-order valence-corrected chi connectivity index (χ3v) is 2.86. The molecule has 1 aromatic rings. The van der Waals surface area contributed by atoms with Crippen molar-refractivity contribution in [1.82, 2.24) is 4.98 Å². The highest BCUT2D eigenvalue weighted by Gasteiger charge is 2.21. The van der Waals surface area contributed by atoms with Gasteiger partial charge in [-0.05, 0) is 86.3 Å². The number of rotatable bonds is 1. The van der Waals surface area contributed by atoms with Gasteiger partial charge in [0.2, 0.25) is 0 Å². The summed E-state index contributed by atoms with van der Waals surface area (Å²) in [6.07, 6.45) is 1.90. The quantitative estimate of drug-likeness (QED) is 0.436. The third kappa shape index (κ3) is 3.29. The Bertz CT molecular complexity index is 237. The van der Waals surface area contributed by atoms with Crippen LogP contribution in [-0.2, 0) is -0.565 Å². The van der Waals surface area contributed by atoms with Crippen LogP contribution in [0.5, 0.6) is 0 Å². The van der Waals surface area contributed by atoms with Gasteiger partial charge in [-0.3, -0.25) is 4.98 Å². The van der Waals surface area contributed by atoms with Gasteiger partial charge >= 0.3 is 0 Å². The van der Waals surface area contributed by atoms with Crippen LogP contribution in [0, 0.1) is 6.92 Å². The maximum atomic E-state index is 4.33. The Kier molecular flexibility index (Phi) is 3.82. The van der Waals surface area contributed by atoms with Gasteiger partial charge < -0.3 is 0 Å². The van der Waals surface area contributed by atoms with Crippen LogP contribution in [-0.4, -0.2) is 4.98 Å². The number of aryl methyl sites for hydroxylation is 1.